The van der Waals surface area contributed by atoms with Gasteiger partial charge in [-0.05, 0) is 42.8 Å². The first-order chi connectivity index (χ1) is 11.8. The predicted molar refractivity (Wildman–Crippen MR) is 101 cm³/mol. The smallest absolute Gasteiger partial charge is 0.263 e. The van der Waals surface area contributed by atoms with Crippen molar-refractivity contribution in [3.63, 3.8) is 0 Å². The summed E-state index contributed by atoms with van der Waals surface area (Å²) in [7, 11) is -3.93. The first kappa shape index (κ1) is 19.6. The number of anilines is 1. The monoisotopic (exact) mass is 400 g/mol. The van der Waals surface area contributed by atoms with Gasteiger partial charge in [-0.3, -0.25) is 9.52 Å². The number of benzene rings is 2. The minimum Gasteiger partial charge on any atom is -0.352 e. The van der Waals surface area contributed by atoms with Crippen LogP contribution >= 0.6 is 23.2 Å². The highest BCUT2D eigenvalue weighted by molar-refractivity contribution is 7.92. The summed E-state index contributed by atoms with van der Waals surface area (Å²) in [5.41, 5.74) is 0.632. The molecule has 1 amide bonds. The standard InChI is InChI=1S/C17H18Cl2N2O3S/c1-2-3-9-20-17(22)12-5-4-6-14(10-12)21-25(23,24)16-11-13(18)7-8-15(16)19/h4-8,10-11,21H,2-3,9H2,1H3,(H,20,22). The largest absolute Gasteiger partial charge is 0.352 e. The Balaban J connectivity index is 2.21. The molecule has 134 valence electrons. The van der Waals surface area contributed by atoms with Crippen LogP contribution in [0.3, 0.4) is 0 Å². The molecule has 2 N–H and O–H groups in total. The van der Waals surface area contributed by atoms with E-state index in [1.807, 2.05) is 6.92 Å². The number of rotatable bonds is 7. The highest BCUT2D eigenvalue weighted by Crippen LogP contribution is 2.27. The summed E-state index contributed by atoms with van der Waals surface area (Å²) in [5.74, 6) is -0.254. The highest BCUT2D eigenvalue weighted by Gasteiger charge is 2.19. The van der Waals surface area contributed by atoms with Gasteiger partial charge in [0.15, 0.2) is 0 Å². The second kappa shape index (κ2) is 8.56. The van der Waals surface area contributed by atoms with E-state index in [1.165, 1.54) is 24.3 Å². The molecule has 25 heavy (non-hydrogen) atoms. The third kappa shape index (κ3) is 5.36. The maximum absolute atomic E-state index is 12.5. The van der Waals surface area contributed by atoms with Crippen molar-refractivity contribution < 1.29 is 13.2 Å². The van der Waals surface area contributed by atoms with Crippen molar-refractivity contribution in [2.45, 2.75) is 24.7 Å². The van der Waals surface area contributed by atoms with Crippen LogP contribution in [0.2, 0.25) is 10.0 Å². The molecule has 0 radical (unpaired) electrons. The van der Waals surface area contributed by atoms with Crippen LogP contribution in [-0.2, 0) is 10.0 Å². The Labute approximate surface area is 157 Å². The van der Waals surface area contributed by atoms with Crippen molar-refractivity contribution in [1.29, 1.82) is 0 Å². The number of carbonyl (C=O) groups is 1. The first-order valence-corrected chi connectivity index (χ1v) is 9.93. The summed E-state index contributed by atoms with van der Waals surface area (Å²) in [6.07, 6.45) is 1.85. The first-order valence-electron chi connectivity index (χ1n) is 7.69. The lowest BCUT2D eigenvalue weighted by atomic mass is 10.2. The molecule has 0 atom stereocenters. The molecule has 2 aromatic carbocycles. The molecule has 0 heterocycles. The molecule has 0 unspecified atom stereocenters. The Kier molecular flexibility index (Phi) is 6.70. The number of hydrogen-bond donors (Lipinski definition) is 2. The van der Waals surface area contributed by atoms with Crippen molar-refractivity contribution in [2.75, 3.05) is 11.3 Å². The van der Waals surface area contributed by atoms with Gasteiger partial charge in [0.05, 0.1) is 5.02 Å². The molecule has 0 spiro atoms. The van der Waals surface area contributed by atoms with Crippen LogP contribution in [0.1, 0.15) is 30.1 Å². The fourth-order valence-corrected chi connectivity index (χ4v) is 3.91. The van der Waals surface area contributed by atoms with Crippen molar-refractivity contribution in [1.82, 2.24) is 5.32 Å². The minimum absolute atomic E-state index is 0.0605. The lowest BCUT2D eigenvalue weighted by Gasteiger charge is -2.11. The Morgan fingerprint density at radius 3 is 2.60 bits per heavy atom. The predicted octanol–water partition coefficient (Wildman–Crippen LogP) is 4.32. The van der Waals surface area contributed by atoms with E-state index in [9.17, 15) is 13.2 Å². The van der Waals surface area contributed by atoms with E-state index in [0.29, 0.717) is 12.1 Å². The zero-order chi connectivity index (χ0) is 18.4. The molecule has 5 nitrogen and oxygen atoms in total. The second-order valence-corrected chi connectivity index (χ2v) is 7.86. The molecule has 0 saturated heterocycles. The molecule has 0 fully saturated rings. The fraction of sp³-hybridized carbons (Fsp3) is 0.235. The van der Waals surface area contributed by atoms with Crippen molar-refractivity contribution >= 4 is 44.8 Å². The Morgan fingerprint density at radius 1 is 1.12 bits per heavy atom. The van der Waals surface area contributed by atoms with Gasteiger partial charge in [0, 0.05) is 22.8 Å². The van der Waals surface area contributed by atoms with E-state index < -0.39 is 10.0 Å². The Hall–Kier alpha value is -1.76. The molecule has 0 saturated carbocycles. The van der Waals surface area contributed by atoms with Crippen LogP contribution in [0.5, 0.6) is 0 Å². The summed E-state index contributed by atoms with van der Waals surface area (Å²) in [6.45, 7) is 2.60. The van der Waals surface area contributed by atoms with Gasteiger partial charge >= 0.3 is 0 Å². The third-order valence-corrected chi connectivity index (χ3v) is 5.47. The minimum atomic E-state index is -3.93. The number of unbranched alkanes of at least 4 members (excludes halogenated alkanes) is 1. The van der Waals surface area contributed by atoms with E-state index in [-0.39, 0.29) is 26.5 Å². The van der Waals surface area contributed by atoms with Crippen LogP contribution in [0.25, 0.3) is 0 Å². The van der Waals surface area contributed by atoms with Crippen LogP contribution < -0.4 is 10.0 Å². The number of sulfonamides is 1. The van der Waals surface area contributed by atoms with Crippen LogP contribution in [-0.4, -0.2) is 20.9 Å². The average molecular weight is 401 g/mol. The molecular weight excluding hydrogens is 383 g/mol. The van der Waals surface area contributed by atoms with Gasteiger partial charge < -0.3 is 5.32 Å². The van der Waals surface area contributed by atoms with Gasteiger partial charge in [0.1, 0.15) is 4.90 Å². The molecular formula is C17H18Cl2N2O3S. The normalized spacial score (nSPS) is 11.2. The van der Waals surface area contributed by atoms with Crippen LogP contribution in [0.15, 0.2) is 47.4 Å². The quantitative estimate of drug-likeness (QED) is 0.679. The topological polar surface area (TPSA) is 75.3 Å². The van der Waals surface area contributed by atoms with Gasteiger partial charge in [-0.1, -0.05) is 42.6 Å². The van der Waals surface area contributed by atoms with E-state index in [2.05, 4.69) is 10.0 Å². The van der Waals surface area contributed by atoms with Crippen LogP contribution in [0, 0.1) is 0 Å². The Bertz CT molecular complexity index is 870. The van der Waals surface area contributed by atoms with E-state index in [4.69, 9.17) is 23.2 Å². The maximum atomic E-state index is 12.5. The SMILES string of the molecule is CCCCNC(=O)c1cccc(NS(=O)(=O)c2cc(Cl)ccc2Cl)c1. The van der Waals surface area contributed by atoms with Gasteiger partial charge in [-0.15, -0.1) is 0 Å². The van der Waals surface area contributed by atoms with Crippen LogP contribution in [0.4, 0.5) is 5.69 Å². The summed E-state index contributed by atoms with van der Waals surface area (Å²) in [5, 5.41) is 3.10. The zero-order valence-electron chi connectivity index (χ0n) is 13.6. The third-order valence-electron chi connectivity index (χ3n) is 3.38. The lowest BCUT2D eigenvalue weighted by molar-refractivity contribution is 0.0953. The molecule has 2 aromatic rings. The molecule has 8 heteroatoms. The van der Waals surface area contributed by atoms with Gasteiger partial charge in [-0.2, -0.15) is 0 Å². The number of halogens is 2. The number of amides is 1. The zero-order valence-corrected chi connectivity index (χ0v) is 15.9. The summed E-state index contributed by atoms with van der Waals surface area (Å²) >= 11 is 11.8. The maximum Gasteiger partial charge on any atom is 0.263 e. The Morgan fingerprint density at radius 2 is 1.88 bits per heavy atom. The van der Waals surface area contributed by atoms with Gasteiger partial charge in [-0.25, -0.2) is 8.42 Å². The lowest BCUT2D eigenvalue weighted by Crippen LogP contribution is -2.24. The van der Waals surface area contributed by atoms with E-state index in [1.54, 1.807) is 18.2 Å². The number of carbonyl (C=O) groups excluding carboxylic acids is 1. The molecule has 0 aliphatic heterocycles. The fourth-order valence-electron chi connectivity index (χ4n) is 2.10. The van der Waals surface area contributed by atoms with Gasteiger partial charge in [0.2, 0.25) is 0 Å². The van der Waals surface area contributed by atoms with E-state index >= 15 is 0 Å². The highest BCUT2D eigenvalue weighted by atomic mass is 35.5. The van der Waals surface area contributed by atoms with E-state index in [0.717, 1.165) is 12.8 Å². The van der Waals surface area contributed by atoms with Crippen molar-refractivity contribution in [3.8, 4) is 0 Å². The summed E-state index contributed by atoms with van der Waals surface area (Å²) in [6, 6.07) is 10.4. The molecule has 0 aliphatic carbocycles. The molecule has 0 aliphatic rings. The van der Waals surface area contributed by atoms with Gasteiger partial charge in [0.25, 0.3) is 15.9 Å². The van der Waals surface area contributed by atoms with Crippen molar-refractivity contribution in [3.05, 3.63) is 58.1 Å². The second-order valence-electron chi connectivity index (χ2n) is 5.37. The average Bonchev–Trinajstić information content (AvgIpc) is 2.57. The molecule has 0 aromatic heterocycles. The van der Waals surface area contributed by atoms with Crippen molar-refractivity contribution in [2.24, 2.45) is 0 Å². The molecule has 0 bridgehead atoms. The summed E-state index contributed by atoms with van der Waals surface area (Å²) in [4.78, 5) is 12.0. The number of nitrogens with one attached hydrogen (secondary N) is 2. The number of hydrogen-bond acceptors (Lipinski definition) is 3. The summed E-state index contributed by atoms with van der Waals surface area (Å²) < 4.78 is 27.4. The molecule has 2 rings (SSSR count).